The van der Waals surface area contributed by atoms with E-state index in [0.29, 0.717) is 0 Å². The Morgan fingerprint density at radius 3 is 1.89 bits per heavy atom. The van der Waals surface area contributed by atoms with Crippen molar-refractivity contribution in [2.45, 2.75) is 39.5 Å². The van der Waals surface area contributed by atoms with Crippen LogP contribution in [0.2, 0.25) is 0 Å². The molecule has 9 heavy (non-hydrogen) atoms. The molecule has 0 rings (SSSR count). The maximum absolute atomic E-state index is 3.31. The Kier molecular flexibility index (Phi) is 6.93. The second kappa shape index (κ2) is 6.59. The molecule has 0 atom stereocenters. The summed E-state index contributed by atoms with van der Waals surface area (Å²) in [5.41, 5.74) is 0. The van der Waals surface area contributed by atoms with Crippen LogP contribution in [0.1, 0.15) is 39.5 Å². The Morgan fingerprint density at radius 1 is 1.22 bits per heavy atom. The fraction of sp³-hybridized carbons (Fsp3) is 0.875. The summed E-state index contributed by atoms with van der Waals surface area (Å²) in [6, 6.07) is 0. The molecule has 0 aromatic carbocycles. The van der Waals surface area contributed by atoms with E-state index in [9.17, 15) is 0 Å². The van der Waals surface area contributed by atoms with Crippen molar-refractivity contribution >= 4 is 0 Å². The number of hydrogen-bond donors (Lipinski definition) is 0. The van der Waals surface area contributed by atoms with Crippen molar-refractivity contribution in [2.24, 2.45) is 5.92 Å². The zero-order chi connectivity index (χ0) is 7.11. The normalized spacial score (nSPS) is 9.56. The van der Waals surface area contributed by atoms with E-state index in [-0.39, 0.29) is 0 Å². The van der Waals surface area contributed by atoms with Gasteiger partial charge in [0.05, 0.1) is 0 Å². The van der Waals surface area contributed by atoms with Gasteiger partial charge < -0.3 is 0 Å². The summed E-state index contributed by atoms with van der Waals surface area (Å²) in [6.07, 6.45) is 5.25. The zero-order valence-corrected chi connectivity index (χ0v) is 8.32. The Balaban J connectivity index is 3.32. The average molecular weight is 207 g/mol. The standard InChI is InChI=1S/C8H15.Mo/c1-4-6-8(3)7-5-2;/h8H,4-7H2,1-2H3;/q;+1. The molecule has 0 aromatic heterocycles. The van der Waals surface area contributed by atoms with E-state index in [2.05, 4.69) is 18.0 Å². The van der Waals surface area contributed by atoms with Crippen molar-refractivity contribution < 1.29 is 19.2 Å². The van der Waals surface area contributed by atoms with Crippen molar-refractivity contribution in [3.05, 3.63) is 0 Å². The van der Waals surface area contributed by atoms with Crippen LogP contribution < -0.4 is 0 Å². The fourth-order valence-corrected chi connectivity index (χ4v) is 1.54. The maximum atomic E-state index is 3.31. The first-order valence-corrected chi connectivity index (χ1v) is 4.73. The second-order valence-corrected chi connectivity index (χ2v) is 2.97. The minimum absolute atomic E-state index is 0.768. The molecule has 0 aliphatic carbocycles. The molecule has 0 radical (unpaired) electrons. The van der Waals surface area contributed by atoms with Crippen LogP contribution in [0.3, 0.4) is 0 Å². The molecule has 52 valence electrons. The van der Waals surface area contributed by atoms with Crippen LogP contribution in [-0.4, -0.2) is 0 Å². The average Bonchev–Trinajstić information content (AvgIpc) is 1.88. The quantitative estimate of drug-likeness (QED) is 0.622. The van der Waals surface area contributed by atoms with E-state index in [1.54, 1.807) is 0 Å². The first-order chi connectivity index (χ1) is 4.35. The van der Waals surface area contributed by atoms with Crippen LogP contribution in [0.15, 0.2) is 0 Å². The van der Waals surface area contributed by atoms with Crippen LogP contribution in [0.4, 0.5) is 0 Å². The first-order valence-electron chi connectivity index (χ1n) is 3.72. The molecule has 0 nitrogen and oxygen atoms in total. The van der Waals surface area contributed by atoms with Crippen molar-refractivity contribution in [1.29, 1.82) is 0 Å². The third-order valence-electron chi connectivity index (χ3n) is 1.44. The predicted octanol–water partition coefficient (Wildman–Crippen LogP) is 2.71. The van der Waals surface area contributed by atoms with Gasteiger partial charge in [0, 0.05) is 0 Å². The van der Waals surface area contributed by atoms with Gasteiger partial charge in [-0.25, -0.2) is 0 Å². The van der Waals surface area contributed by atoms with E-state index < -0.39 is 0 Å². The van der Waals surface area contributed by atoms with Gasteiger partial charge in [0.1, 0.15) is 0 Å². The summed E-state index contributed by atoms with van der Waals surface area (Å²) >= 11 is 1.99. The Morgan fingerprint density at radius 2 is 1.67 bits per heavy atom. The van der Waals surface area contributed by atoms with Gasteiger partial charge >= 0.3 is 68.8 Å². The predicted molar refractivity (Wildman–Crippen MR) is 37.2 cm³/mol. The van der Waals surface area contributed by atoms with E-state index >= 15 is 0 Å². The summed E-state index contributed by atoms with van der Waals surface area (Å²) in [4.78, 5) is 0. The molecule has 1 heteroatoms. The van der Waals surface area contributed by atoms with Crippen molar-refractivity contribution in [3.8, 4) is 4.20 Å². The van der Waals surface area contributed by atoms with Crippen LogP contribution in [-0.2, 0) is 19.2 Å². The van der Waals surface area contributed by atoms with Gasteiger partial charge in [0.15, 0.2) is 0 Å². The number of hydrogen-bond acceptors (Lipinski definition) is 0. The number of rotatable bonds is 4. The van der Waals surface area contributed by atoms with Crippen LogP contribution >= 0.6 is 0 Å². The molecular weight excluding hydrogens is 192 g/mol. The molecule has 0 aromatic rings. The zero-order valence-electron chi connectivity index (χ0n) is 6.31. The fourth-order valence-electron chi connectivity index (χ4n) is 0.959. The molecule has 0 unspecified atom stereocenters. The molecule has 0 spiro atoms. The van der Waals surface area contributed by atoms with E-state index in [4.69, 9.17) is 0 Å². The van der Waals surface area contributed by atoms with Gasteiger partial charge in [-0.05, 0) is 0 Å². The summed E-state index contributed by atoms with van der Waals surface area (Å²) in [5.74, 6) is 0.768. The van der Waals surface area contributed by atoms with Gasteiger partial charge in [0.25, 0.3) is 0 Å². The van der Waals surface area contributed by atoms with Gasteiger partial charge in [0.2, 0.25) is 0 Å². The molecule has 0 heterocycles. The van der Waals surface area contributed by atoms with E-state index in [1.807, 2.05) is 19.2 Å². The van der Waals surface area contributed by atoms with Crippen LogP contribution in [0.5, 0.6) is 0 Å². The van der Waals surface area contributed by atoms with E-state index in [1.165, 1.54) is 25.7 Å². The monoisotopic (exact) mass is 209 g/mol. The van der Waals surface area contributed by atoms with Gasteiger partial charge in [-0.2, -0.15) is 0 Å². The molecule has 0 N–H and O–H groups in total. The van der Waals surface area contributed by atoms with Crippen molar-refractivity contribution in [1.82, 2.24) is 0 Å². The van der Waals surface area contributed by atoms with Crippen molar-refractivity contribution in [3.63, 3.8) is 0 Å². The summed E-state index contributed by atoms with van der Waals surface area (Å²) in [6.45, 7) is 4.47. The molecule has 0 saturated carbocycles. The molecule has 0 aliphatic heterocycles. The molecule has 0 saturated heterocycles. The van der Waals surface area contributed by atoms with Crippen molar-refractivity contribution in [2.75, 3.05) is 0 Å². The molecular formula is C8H15Mo+. The first kappa shape index (κ1) is 9.47. The Bertz CT molecular complexity index is 85.2. The van der Waals surface area contributed by atoms with Crippen LogP contribution in [0, 0.1) is 10.1 Å². The SMILES string of the molecule is CCCC([C]#[Mo+])CCC. The third kappa shape index (κ3) is 4.94. The molecule has 0 bridgehead atoms. The Hall–Kier alpha value is 0.468. The third-order valence-corrected chi connectivity index (χ3v) is 2.26. The van der Waals surface area contributed by atoms with E-state index in [0.717, 1.165) is 5.92 Å². The molecule has 0 amide bonds. The minimum atomic E-state index is 0.768. The second-order valence-electron chi connectivity index (χ2n) is 2.39. The Labute approximate surface area is 69.0 Å². The molecule has 0 aliphatic rings. The molecule has 0 fully saturated rings. The van der Waals surface area contributed by atoms with Gasteiger partial charge in [-0.3, -0.25) is 0 Å². The summed E-state index contributed by atoms with van der Waals surface area (Å²) in [7, 11) is 0. The van der Waals surface area contributed by atoms with Gasteiger partial charge in [-0.15, -0.1) is 0 Å². The summed E-state index contributed by atoms with van der Waals surface area (Å²) < 4.78 is 3.31. The van der Waals surface area contributed by atoms with Gasteiger partial charge in [-0.1, -0.05) is 0 Å². The topological polar surface area (TPSA) is 0 Å². The summed E-state index contributed by atoms with van der Waals surface area (Å²) in [5, 5.41) is 0. The van der Waals surface area contributed by atoms with Crippen LogP contribution in [0.25, 0.3) is 0 Å².